The lowest BCUT2D eigenvalue weighted by molar-refractivity contribution is 0.686. The Balaban J connectivity index is 0.00000113. The number of fused-ring (bicyclic) bond motifs is 1. The van der Waals surface area contributed by atoms with E-state index in [2.05, 4.69) is 77.8 Å². The van der Waals surface area contributed by atoms with Crippen LogP contribution in [0.2, 0.25) is 0 Å². The van der Waals surface area contributed by atoms with Gasteiger partial charge in [-0.2, -0.15) is 5.10 Å². The molecule has 0 unspecified atom stereocenters. The fourth-order valence-corrected chi connectivity index (χ4v) is 2.95. The van der Waals surface area contributed by atoms with E-state index in [4.69, 9.17) is 0 Å². The molecule has 0 saturated heterocycles. The number of benzene rings is 2. The van der Waals surface area contributed by atoms with Gasteiger partial charge >= 0.3 is 0 Å². The molecule has 0 fully saturated rings. The summed E-state index contributed by atoms with van der Waals surface area (Å²) in [6.07, 6.45) is 4.89. The fraction of sp³-hybridized carbons (Fsp3) is 0.150. The molecule has 0 spiro atoms. The van der Waals surface area contributed by atoms with Gasteiger partial charge < -0.3 is 4.98 Å². The molecule has 0 aliphatic heterocycles. The average Bonchev–Trinajstić information content (AvgIpc) is 3.14. The molecule has 0 atom stereocenters. The minimum atomic E-state index is 0. The molecule has 4 aromatic rings. The lowest BCUT2D eigenvalue weighted by Crippen LogP contribution is -2.00. The van der Waals surface area contributed by atoms with Crippen LogP contribution in [0.15, 0.2) is 67.0 Å². The summed E-state index contributed by atoms with van der Waals surface area (Å²) >= 11 is 0. The minimum Gasteiger partial charge on any atom is -0.358 e. The van der Waals surface area contributed by atoms with Crippen molar-refractivity contribution in [3.05, 3.63) is 89.4 Å². The number of aromatic amines is 1. The van der Waals surface area contributed by atoms with Gasteiger partial charge in [-0.1, -0.05) is 42.5 Å². The van der Waals surface area contributed by atoms with E-state index in [1.54, 1.807) is 0 Å². The van der Waals surface area contributed by atoms with Crippen molar-refractivity contribution in [2.24, 2.45) is 0 Å². The van der Waals surface area contributed by atoms with Crippen LogP contribution in [0.1, 0.15) is 22.4 Å². The van der Waals surface area contributed by atoms with E-state index in [1.165, 1.54) is 33.3 Å². The van der Waals surface area contributed by atoms with E-state index in [0.29, 0.717) is 0 Å². The number of para-hydroxylation sites is 1. The van der Waals surface area contributed by atoms with Crippen molar-refractivity contribution in [1.29, 1.82) is 0 Å². The van der Waals surface area contributed by atoms with Crippen LogP contribution in [-0.2, 0) is 13.0 Å². The summed E-state index contributed by atoms with van der Waals surface area (Å²) in [6, 6.07) is 19.4. The Morgan fingerprint density at radius 2 is 1.68 bits per heavy atom. The molecule has 0 aliphatic carbocycles. The van der Waals surface area contributed by atoms with E-state index in [0.717, 1.165) is 13.0 Å². The molecular formula is C20H21Cl2N3. The molecule has 130 valence electrons. The van der Waals surface area contributed by atoms with Gasteiger partial charge in [-0.15, -0.1) is 24.8 Å². The summed E-state index contributed by atoms with van der Waals surface area (Å²) in [7, 11) is 0. The molecule has 2 heterocycles. The molecule has 2 aromatic heterocycles. The Bertz CT molecular complexity index is 906. The van der Waals surface area contributed by atoms with Crippen LogP contribution in [-0.4, -0.2) is 14.8 Å². The molecule has 3 nitrogen and oxygen atoms in total. The summed E-state index contributed by atoms with van der Waals surface area (Å²) in [5.41, 5.74) is 6.24. The Hall–Kier alpha value is -2.23. The number of nitrogens with one attached hydrogen (secondary N) is 1. The molecule has 2 aromatic carbocycles. The maximum Gasteiger partial charge on any atom is 0.0659 e. The zero-order valence-electron chi connectivity index (χ0n) is 14.0. The lowest BCUT2D eigenvalue weighted by atomic mass is 10.1. The number of nitrogens with zero attached hydrogens (tertiary/aromatic N) is 2. The fourth-order valence-electron chi connectivity index (χ4n) is 2.95. The first-order valence-electron chi connectivity index (χ1n) is 7.90. The van der Waals surface area contributed by atoms with Crippen molar-refractivity contribution in [1.82, 2.24) is 14.8 Å². The van der Waals surface area contributed by atoms with Crippen LogP contribution in [0.3, 0.4) is 0 Å². The molecular weight excluding hydrogens is 353 g/mol. The smallest absolute Gasteiger partial charge is 0.0659 e. The number of H-pyrrole nitrogens is 1. The molecule has 0 aliphatic rings. The van der Waals surface area contributed by atoms with Gasteiger partial charge in [0.05, 0.1) is 12.7 Å². The Labute approximate surface area is 159 Å². The third kappa shape index (κ3) is 4.44. The van der Waals surface area contributed by atoms with Crippen LogP contribution in [0.25, 0.3) is 10.9 Å². The van der Waals surface area contributed by atoms with Gasteiger partial charge in [0, 0.05) is 23.8 Å². The van der Waals surface area contributed by atoms with Gasteiger partial charge in [0.1, 0.15) is 0 Å². The molecule has 5 heteroatoms. The van der Waals surface area contributed by atoms with E-state index >= 15 is 0 Å². The third-order valence-corrected chi connectivity index (χ3v) is 4.11. The van der Waals surface area contributed by atoms with Crippen LogP contribution in [0.4, 0.5) is 0 Å². The zero-order valence-corrected chi connectivity index (χ0v) is 15.6. The zero-order chi connectivity index (χ0) is 15.6. The number of hydrogen-bond acceptors (Lipinski definition) is 1. The van der Waals surface area contributed by atoms with Crippen LogP contribution >= 0.6 is 24.8 Å². The van der Waals surface area contributed by atoms with E-state index in [1.807, 2.05) is 10.9 Å². The van der Waals surface area contributed by atoms with Gasteiger partial charge in [0.15, 0.2) is 0 Å². The third-order valence-electron chi connectivity index (χ3n) is 4.11. The molecule has 25 heavy (non-hydrogen) atoms. The lowest BCUT2D eigenvalue weighted by Gasteiger charge is -2.04. The summed E-state index contributed by atoms with van der Waals surface area (Å²) in [4.78, 5) is 3.49. The van der Waals surface area contributed by atoms with Crippen LogP contribution in [0.5, 0.6) is 0 Å². The molecule has 0 bridgehead atoms. The molecule has 4 rings (SSSR count). The second-order valence-corrected chi connectivity index (χ2v) is 6.09. The Morgan fingerprint density at radius 3 is 2.36 bits per heavy atom. The van der Waals surface area contributed by atoms with Crippen molar-refractivity contribution in [2.75, 3.05) is 0 Å². The van der Waals surface area contributed by atoms with Crippen LogP contribution < -0.4 is 0 Å². The summed E-state index contributed by atoms with van der Waals surface area (Å²) in [5.74, 6) is 0. The summed E-state index contributed by atoms with van der Waals surface area (Å²) in [5, 5.41) is 5.61. The first-order chi connectivity index (χ1) is 11.3. The first-order valence-corrected chi connectivity index (χ1v) is 7.90. The highest BCUT2D eigenvalue weighted by molar-refractivity contribution is 5.85. The molecule has 0 amide bonds. The number of aromatic nitrogens is 3. The van der Waals surface area contributed by atoms with Crippen molar-refractivity contribution < 1.29 is 0 Å². The number of rotatable bonds is 4. The van der Waals surface area contributed by atoms with E-state index in [9.17, 15) is 0 Å². The monoisotopic (exact) mass is 373 g/mol. The molecule has 0 saturated carbocycles. The van der Waals surface area contributed by atoms with Crippen molar-refractivity contribution in [3.8, 4) is 0 Å². The van der Waals surface area contributed by atoms with Crippen molar-refractivity contribution >= 4 is 35.7 Å². The maximum absolute atomic E-state index is 4.34. The highest BCUT2D eigenvalue weighted by Crippen LogP contribution is 2.18. The van der Waals surface area contributed by atoms with Crippen LogP contribution in [0, 0.1) is 6.92 Å². The van der Waals surface area contributed by atoms with Crippen molar-refractivity contribution in [3.63, 3.8) is 0 Å². The van der Waals surface area contributed by atoms with E-state index in [-0.39, 0.29) is 24.8 Å². The summed E-state index contributed by atoms with van der Waals surface area (Å²) in [6.45, 7) is 2.88. The number of halogens is 2. The topological polar surface area (TPSA) is 33.6 Å². The Morgan fingerprint density at radius 1 is 0.960 bits per heavy atom. The first kappa shape index (κ1) is 19.1. The van der Waals surface area contributed by atoms with E-state index < -0.39 is 0 Å². The molecule has 0 radical (unpaired) electrons. The van der Waals surface area contributed by atoms with Gasteiger partial charge in [-0.3, -0.25) is 4.68 Å². The average molecular weight is 374 g/mol. The van der Waals surface area contributed by atoms with Gasteiger partial charge in [-0.25, -0.2) is 0 Å². The normalized spacial score (nSPS) is 10.3. The highest BCUT2D eigenvalue weighted by Gasteiger charge is 2.02. The predicted octanol–water partition coefficient (Wildman–Crippen LogP) is 5.16. The maximum atomic E-state index is 4.34. The number of aryl methyl sites for hydroxylation is 1. The van der Waals surface area contributed by atoms with Gasteiger partial charge in [0.25, 0.3) is 0 Å². The highest BCUT2D eigenvalue weighted by atomic mass is 35.5. The second-order valence-electron chi connectivity index (χ2n) is 6.09. The van der Waals surface area contributed by atoms with Gasteiger partial charge in [0.2, 0.25) is 0 Å². The predicted molar refractivity (Wildman–Crippen MR) is 108 cm³/mol. The SMILES string of the molecule is Cc1cnn(Cc2ccc(Cc3cc4ccccc4[nH]3)cc2)c1.Cl.Cl. The van der Waals surface area contributed by atoms with Gasteiger partial charge in [-0.05, 0) is 41.1 Å². The summed E-state index contributed by atoms with van der Waals surface area (Å²) < 4.78 is 1.97. The Kier molecular flexibility index (Phi) is 6.29. The van der Waals surface area contributed by atoms with Crippen molar-refractivity contribution in [2.45, 2.75) is 19.9 Å². The quantitative estimate of drug-likeness (QED) is 0.526. The second kappa shape index (κ2) is 8.24. The molecule has 1 N–H and O–H groups in total. The largest absolute Gasteiger partial charge is 0.358 e. The number of hydrogen-bond donors (Lipinski definition) is 1. The minimum absolute atomic E-state index is 0. The standard InChI is InChI=1S/C20H19N3.2ClH/c1-15-12-21-23(13-15)14-17-8-6-16(7-9-17)10-19-11-18-4-2-3-5-20(18)22-19;;/h2-9,11-13,22H,10,14H2,1H3;2*1H.